The van der Waals surface area contributed by atoms with E-state index in [-0.39, 0.29) is 0 Å². The van der Waals surface area contributed by atoms with Gasteiger partial charge >= 0.3 is 0 Å². The Balaban J connectivity index is 0.000000261. The van der Waals surface area contributed by atoms with Gasteiger partial charge in [0.25, 0.3) is 0 Å². The monoisotopic (exact) mass is 266 g/mol. The molecule has 0 saturated carbocycles. The molecule has 19 heavy (non-hydrogen) atoms. The Labute approximate surface area is 112 Å². The van der Waals surface area contributed by atoms with E-state index in [2.05, 4.69) is 17.9 Å². The largest absolute Gasteiger partial charge is 0.474 e. The molecule has 5 heteroatoms. The average molecular weight is 266 g/mol. The fraction of sp³-hybridized carbons (Fsp3) is 0.143. The third kappa shape index (κ3) is 9.75. The van der Waals surface area contributed by atoms with Gasteiger partial charge in [-0.15, -0.1) is 0 Å². The summed E-state index contributed by atoms with van der Waals surface area (Å²) >= 11 is 0. The van der Waals surface area contributed by atoms with Crippen molar-refractivity contribution in [2.24, 2.45) is 0 Å². The lowest BCUT2D eigenvalue weighted by molar-refractivity contribution is -0.0728. The minimum absolute atomic E-state index is 1.30. The molecule has 0 aromatic heterocycles. The van der Waals surface area contributed by atoms with Crippen molar-refractivity contribution in [2.45, 2.75) is 11.6 Å². The lowest BCUT2D eigenvalue weighted by atomic mass is 10.3. The normalized spacial score (nSPS) is 18.9. The Bertz CT molecular complexity index is 334. The lowest BCUT2D eigenvalue weighted by Gasteiger charge is -2.05. The van der Waals surface area contributed by atoms with Crippen LogP contribution < -0.4 is 0 Å². The van der Waals surface area contributed by atoms with Gasteiger partial charge in [0.1, 0.15) is 0 Å². The Morgan fingerprint density at radius 1 is 0.684 bits per heavy atom. The van der Waals surface area contributed by atoms with E-state index in [1.807, 2.05) is 0 Å². The highest BCUT2D eigenvalue weighted by Crippen LogP contribution is 2.09. The minimum Gasteiger partial charge on any atom is -0.474 e. The van der Waals surface area contributed by atoms with Gasteiger partial charge in [0.15, 0.2) is 0 Å². The van der Waals surface area contributed by atoms with Gasteiger partial charge in [-0.25, -0.2) is 0 Å². The van der Waals surface area contributed by atoms with Crippen LogP contribution in [-0.2, 0) is 4.74 Å². The Kier molecular flexibility index (Phi) is 7.40. The van der Waals surface area contributed by atoms with E-state index < -0.39 is 11.6 Å². The number of hydrogen-bond acceptors (Lipinski definition) is 5. The maximum absolute atomic E-state index is 8.58. The van der Waals surface area contributed by atoms with Crippen LogP contribution in [0.1, 0.15) is 0 Å². The summed E-state index contributed by atoms with van der Waals surface area (Å²) in [4.78, 5) is 0. The molecule has 0 saturated heterocycles. The van der Waals surface area contributed by atoms with Crippen LogP contribution in [0.3, 0.4) is 0 Å². The summed E-state index contributed by atoms with van der Waals surface area (Å²) in [5, 5.41) is 34.3. The van der Waals surface area contributed by atoms with Crippen molar-refractivity contribution in [3.05, 3.63) is 74.3 Å². The quantitative estimate of drug-likeness (QED) is 0.440. The van der Waals surface area contributed by atoms with Gasteiger partial charge in [-0.3, -0.25) is 0 Å². The third-order valence-corrected chi connectivity index (χ3v) is 1.78. The molecular weight excluding hydrogens is 248 g/mol. The topological polar surface area (TPSA) is 90.2 Å². The second kappa shape index (κ2) is 8.23. The van der Waals surface area contributed by atoms with Gasteiger partial charge in [-0.1, -0.05) is 37.5 Å². The van der Waals surface area contributed by atoms with Crippen LogP contribution in [0.4, 0.5) is 0 Å². The number of hydrogen-bond donors (Lipinski definition) is 4. The highest BCUT2D eigenvalue weighted by Gasteiger charge is 2.15. The van der Waals surface area contributed by atoms with E-state index in [4.69, 9.17) is 20.4 Å². The zero-order valence-corrected chi connectivity index (χ0v) is 10.4. The molecular formula is C14H18O5. The summed E-state index contributed by atoms with van der Waals surface area (Å²) < 4.78 is 4.36. The molecule has 2 aliphatic rings. The van der Waals surface area contributed by atoms with Crippen LogP contribution in [0.2, 0.25) is 0 Å². The molecule has 0 fully saturated rings. The first-order valence-electron chi connectivity index (χ1n) is 5.34. The van der Waals surface area contributed by atoms with Crippen LogP contribution in [0, 0.1) is 0 Å². The lowest BCUT2D eigenvalue weighted by Crippen LogP contribution is -2.18. The second-order valence-corrected chi connectivity index (χ2v) is 3.47. The molecule has 0 atom stereocenters. The van der Waals surface area contributed by atoms with Crippen LogP contribution in [0.25, 0.3) is 0 Å². The fourth-order valence-electron chi connectivity index (χ4n) is 0.968. The third-order valence-electron chi connectivity index (χ3n) is 1.78. The fourth-order valence-corrected chi connectivity index (χ4v) is 0.968. The summed E-state index contributed by atoms with van der Waals surface area (Å²) in [6, 6.07) is 0. The minimum atomic E-state index is -1.67. The summed E-state index contributed by atoms with van der Waals surface area (Å²) in [5.74, 6) is -3.33. The van der Waals surface area contributed by atoms with Gasteiger partial charge in [0.05, 0.1) is 12.5 Å². The van der Waals surface area contributed by atoms with Gasteiger partial charge in [-0.2, -0.15) is 0 Å². The first-order chi connectivity index (χ1) is 8.83. The molecule has 5 nitrogen and oxygen atoms in total. The molecule has 0 spiro atoms. The molecule has 0 radical (unpaired) electrons. The van der Waals surface area contributed by atoms with E-state index in [0.717, 1.165) is 0 Å². The van der Waals surface area contributed by atoms with Crippen LogP contribution in [0.15, 0.2) is 74.3 Å². The van der Waals surface area contributed by atoms with Crippen molar-refractivity contribution < 1.29 is 25.2 Å². The van der Waals surface area contributed by atoms with E-state index >= 15 is 0 Å². The number of ether oxygens (including phenoxy) is 1. The summed E-state index contributed by atoms with van der Waals surface area (Å²) in [7, 11) is 0. The SMILES string of the molecule is C=COC=C.OC1(O)C=CC=C1.OC1(O)C=CC=C1. The molecule has 2 rings (SSSR count). The highest BCUT2D eigenvalue weighted by molar-refractivity contribution is 5.22. The summed E-state index contributed by atoms with van der Waals surface area (Å²) in [6.07, 6.45) is 14.2. The maximum Gasteiger partial charge on any atom is 0.203 e. The molecule has 4 N–H and O–H groups in total. The van der Waals surface area contributed by atoms with Gasteiger partial charge in [0.2, 0.25) is 11.6 Å². The zero-order chi connectivity index (χ0) is 14.8. The molecule has 0 amide bonds. The first-order valence-corrected chi connectivity index (χ1v) is 5.34. The zero-order valence-electron chi connectivity index (χ0n) is 10.4. The van der Waals surface area contributed by atoms with Gasteiger partial charge in [-0.05, 0) is 24.3 Å². The van der Waals surface area contributed by atoms with Gasteiger partial charge in [0, 0.05) is 0 Å². The van der Waals surface area contributed by atoms with Crippen molar-refractivity contribution in [1.82, 2.24) is 0 Å². The molecule has 0 aromatic rings. The van der Waals surface area contributed by atoms with E-state index in [0.29, 0.717) is 0 Å². The predicted octanol–water partition coefficient (Wildman–Crippen LogP) is 0.877. The summed E-state index contributed by atoms with van der Waals surface area (Å²) in [5.41, 5.74) is 0. The molecule has 2 aliphatic carbocycles. The molecule has 0 unspecified atom stereocenters. The van der Waals surface area contributed by atoms with Gasteiger partial charge < -0.3 is 25.2 Å². The van der Waals surface area contributed by atoms with Crippen molar-refractivity contribution in [3.8, 4) is 0 Å². The van der Waals surface area contributed by atoms with Crippen LogP contribution in [0.5, 0.6) is 0 Å². The smallest absolute Gasteiger partial charge is 0.203 e. The summed E-state index contributed by atoms with van der Waals surface area (Å²) in [6.45, 7) is 6.51. The molecule has 0 bridgehead atoms. The van der Waals surface area contributed by atoms with E-state index in [1.165, 1.54) is 36.8 Å². The average Bonchev–Trinajstić information content (AvgIpc) is 2.89. The molecule has 0 heterocycles. The van der Waals surface area contributed by atoms with Crippen LogP contribution >= 0.6 is 0 Å². The predicted molar refractivity (Wildman–Crippen MR) is 72.4 cm³/mol. The Morgan fingerprint density at radius 3 is 1.00 bits per heavy atom. The Morgan fingerprint density at radius 2 is 0.947 bits per heavy atom. The van der Waals surface area contributed by atoms with Crippen molar-refractivity contribution >= 4 is 0 Å². The standard InChI is InChI=1S/2C5H6O2.C4H6O/c2*6-5(7)3-1-2-4-5;1-3-5-4-2/h2*1-4,6-7H;3-4H,1-2H2. The molecule has 0 aromatic carbocycles. The number of rotatable bonds is 2. The first kappa shape index (κ1) is 17.1. The van der Waals surface area contributed by atoms with Crippen LogP contribution in [-0.4, -0.2) is 32.0 Å². The number of allylic oxidation sites excluding steroid dienone is 4. The maximum atomic E-state index is 8.58. The van der Waals surface area contributed by atoms with Crippen molar-refractivity contribution in [2.75, 3.05) is 0 Å². The van der Waals surface area contributed by atoms with E-state index in [9.17, 15) is 0 Å². The van der Waals surface area contributed by atoms with E-state index in [1.54, 1.807) is 24.3 Å². The van der Waals surface area contributed by atoms with Crippen molar-refractivity contribution in [3.63, 3.8) is 0 Å². The second-order valence-electron chi connectivity index (χ2n) is 3.47. The van der Waals surface area contributed by atoms with Crippen molar-refractivity contribution in [1.29, 1.82) is 0 Å². The Hall–Kier alpha value is -1.92. The molecule has 0 aliphatic heterocycles. The number of aliphatic hydroxyl groups is 4. The molecule has 104 valence electrons. The highest BCUT2D eigenvalue weighted by atomic mass is 16.5.